The maximum absolute atomic E-state index is 11.6. The van der Waals surface area contributed by atoms with Crippen LogP contribution in [0.2, 0.25) is 0 Å². The van der Waals surface area contributed by atoms with E-state index >= 15 is 0 Å². The summed E-state index contributed by atoms with van der Waals surface area (Å²) in [6, 6.07) is 11.2. The normalized spacial score (nSPS) is 13.2. The van der Waals surface area contributed by atoms with Gasteiger partial charge in [0, 0.05) is 25.0 Å². The fourth-order valence-corrected chi connectivity index (χ4v) is 2.67. The molecule has 0 bridgehead atoms. The van der Waals surface area contributed by atoms with Gasteiger partial charge < -0.3 is 10.6 Å². The van der Waals surface area contributed by atoms with Crippen molar-refractivity contribution in [3.8, 4) is 0 Å². The molecule has 0 fully saturated rings. The third-order valence-corrected chi connectivity index (χ3v) is 3.67. The highest BCUT2D eigenvalue weighted by Gasteiger charge is 2.22. The molecule has 0 aliphatic heterocycles. The molecule has 0 aliphatic carbocycles. The summed E-state index contributed by atoms with van der Waals surface area (Å²) in [4.78, 5) is 11.6. The van der Waals surface area contributed by atoms with E-state index in [4.69, 9.17) is 0 Å². The van der Waals surface area contributed by atoms with Gasteiger partial charge >= 0.3 is 0 Å². The van der Waals surface area contributed by atoms with Gasteiger partial charge in [-0.25, -0.2) is 0 Å². The van der Waals surface area contributed by atoms with Crippen molar-refractivity contribution in [3.63, 3.8) is 0 Å². The number of carbonyl (C=O) groups is 1. The molecule has 0 radical (unpaired) electrons. The molecule has 0 spiro atoms. The lowest BCUT2D eigenvalue weighted by atomic mass is 9.79. The second-order valence-corrected chi connectivity index (χ2v) is 6.78. The van der Waals surface area contributed by atoms with E-state index in [1.54, 1.807) is 0 Å². The number of amides is 1. The van der Waals surface area contributed by atoms with E-state index in [1.165, 1.54) is 5.56 Å². The molecule has 0 saturated carbocycles. The third kappa shape index (κ3) is 6.76. The fourth-order valence-electron chi connectivity index (χ4n) is 2.67. The van der Waals surface area contributed by atoms with Crippen LogP contribution in [0.1, 0.15) is 53.0 Å². The van der Waals surface area contributed by atoms with E-state index in [0.717, 1.165) is 13.0 Å². The van der Waals surface area contributed by atoms with Gasteiger partial charge in [-0.15, -0.1) is 0 Å². The van der Waals surface area contributed by atoms with Gasteiger partial charge in [-0.2, -0.15) is 0 Å². The largest absolute Gasteiger partial charge is 0.354 e. The number of carbonyl (C=O) groups excluding carboxylic acids is 1. The van der Waals surface area contributed by atoms with Crippen LogP contribution in [0.3, 0.4) is 0 Å². The molecule has 2 N–H and O–H groups in total. The number of benzene rings is 1. The van der Waals surface area contributed by atoms with Crippen molar-refractivity contribution in [1.82, 2.24) is 10.6 Å². The first-order valence-electron chi connectivity index (χ1n) is 7.89. The Morgan fingerprint density at radius 2 is 1.76 bits per heavy atom. The minimum Gasteiger partial charge on any atom is -0.354 e. The molecule has 1 aromatic carbocycles. The van der Waals surface area contributed by atoms with Crippen molar-refractivity contribution in [1.29, 1.82) is 0 Å². The number of hydrogen-bond acceptors (Lipinski definition) is 2. The second kappa shape index (κ2) is 8.18. The van der Waals surface area contributed by atoms with Crippen LogP contribution in [0.5, 0.6) is 0 Å². The lowest BCUT2D eigenvalue weighted by Gasteiger charge is -2.29. The fraction of sp³-hybridized carbons (Fsp3) is 0.611. The Balaban J connectivity index is 2.36. The van der Waals surface area contributed by atoms with Crippen LogP contribution >= 0.6 is 0 Å². The lowest BCUT2D eigenvalue weighted by molar-refractivity contribution is -0.121. The number of rotatable bonds is 8. The molecule has 3 heteroatoms. The Bertz CT molecular complexity index is 426. The first-order valence-corrected chi connectivity index (χ1v) is 7.89. The molecule has 1 rings (SSSR count). The van der Waals surface area contributed by atoms with Crippen LogP contribution in [0.15, 0.2) is 30.3 Å². The molecule has 21 heavy (non-hydrogen) atoms. The number of hydrogen-bond donors (Lipinski definition) is 2. The summed E-state index contributed by atoms with van der Waals surface area (Å²) in [6.45, 7) is 11.4. The van der Waals surface area contributed by atoms with Gasteiger partial charge in [0.25, 0.3) is 0 Å². The third-order valence-electron chi connectivity index (χ3n) is 3.67. The molecule has 0 aliphatic rings. The SMILES string of the molecule is CC(C)NC(=O)CCNC(C)CC(C)(C)c1ccccc1. The zero-order chi connectivity index (χ0) is 15.9. The highest BCUT2D eigenvalue weighted by atomic mass is 16.1. The molecule has 3 nitrogen and oxygen atoms in total. The van der Waals surface area contributed by atoms with Crippen molar-refractivity contribution in [2.45, 2.75) is 65.0 Å². The van der Waals surface area contributed by atoms with Crippen molar-refractivity contribution < 1.29 is 4.79 Å². The van der Waals surface area contributed by atoms with Crippen LogP contribution in [0, 0.1) is 0 Å². The zero-order valence-electron chi connectivity index (χ0n) is 14.1. The van der Waals surface area contributed by atoms with E-state index in [1.807, 2.05) is 13.8 Å². The van der Waals surface area contributed by atoms with Crippen molar-refractivity contribution in [3.05, 3.63) is 35.9 Å². The quantitative estimate of drug-likeness (QED) is 0.771. The number of nitrogens with one attached hydrogen (secondary N) is 2. The Kier molecular flexibility index (Phi) is 6.90. The predicted molar refractivity (Wildman–Crippen MR) is 89.4 cm³/mol. The lowest BCUT2D eigenvalue weighted by Crippen LogP contribution is -2.37. The average Bonchev–Trinajstić information content (AvgIpc) is 2.38. The molecule has 1 atom stereocenters. The Hall–Kier alpha value is -1.35. The first-order chi connectivity index (χ1) is 9.81. The molecule has 0 heterocycles. The molecule has 1 aromatic rings. The standard InChI is InChI=1S/C18H30N2O/c1-14(2)20-17(21)11-12-19-15(3)13-18(4,5)16-9-7-6-8-10-16/h6-10,14-15,19H,11-13H2,1-5H3,(H,20,21). The van der Waals surface area contributed by atoms with Crippen molar-refractivity contribution >= 4 is 5.91 Å². The summed E-state index contributed by atoms with van der Waals surface area (Å²) in [5.41, 5.74) is 1.49. The Morgan fingerprint density at radius 3 is 2.33 bits per heavy atom. The smallest absolute Gasteiger partial charge is 0.221 e. The van der Waals surface area contributed by atoms with Crippen LogP contribution in [0.4, 0.5) is 0 Å². The molecule has 118 valence electrons. The Morgan fingerprint density at radius 1 is 1.14 bits per heavy atom. The average molecular weight is 290 g/mol. The van der Waals surface area contributed by atoms with Gasteiger partial charge in [0.2, 0.25) is 5.91 Å². The maximum atomic E-state index is 11.6. The van der Waals surface area contributed by atoms with Gasteiger partial charge in [0.15, 0.2) is 0 Å². The summed E-state index contributed by atoms with van der Waals surface area (Å²) < 4.78 is 0. The van der Waals surface area contributed by atoms with Crippen molar-refractivity contribution in [2.24, 2.45) is 0 Å². The molecule has 0 aromatic heterocycles. The van der Waals surface area contributed by atoms with Crippen LogP contribution < -0.4 is 10.6 Å². The highest BCUT2D eigenvalue weighted by Crippen LogP contribution is 2.27. The van der Waals surface area contributed by atoms with Crippen LogP contribution in [0.25, 0.3) is 0 Å². The molecule has 0 saturated heterocycles. The summed E-state index contributed by atoms with van der Waals surface area (Å²) in [6.07, 6.45) is 1.58. The minimum atomic E-state index is 0.118. The predicted octanol–water partition coefficient (Wildman–Crippen LogP) is 3.25. The van der Waals surface area contributed by atoms with Gasteiger partial charge in [0.1, 0.15) is 0 Å². The molecular formula is C18H30N2O. The van der Waals surface area contributed by atoms with Gasteiger partial charge in [-0.05, 0) is 38.2 Å². The monoisotopic (exact) mass is 290 g/mol. The van der Waals surface area contributed by atoms with Gasteiger partial charge in [0.05, 0.1) is 0 Å². The van der Waals surface area contributed by atoms with Crippen LogP contribution in [-0.4, -0.2) is 24.5 Å². The molecular weight excluding hydrogens is 260 g/mol. The summed E-state index contributed by atoms with van der Waals surface area (Å²) >= 11 is 0. The van der Waals surface area contributed by atoms with Gasteiger partial charge in [-0.3, -0.25) is 4.79 Å². The molecule has 1 amide bonds. The van der Waals surface area contributed by atoms with E-state index in [2.05, 4.69) is 61.7 Å². The van der Waals surface area contributed by atoms with Crippen LogP contribution in [-0.2, 0) is 10.2 Å². The summed E-state index contributed by atoms with van der Waals surface area (Å²) in [5, 5.41) is 6.36. The summed E-state index contributed by atoms with van der Waals surface area (Å²) in [7, 11) is 0. The maximum Gasteiger partial charge on any atom is 0.221 e. The van der Waals surface area contributed by atoms with E-state index in [0.29, 0.717) is 12.5 Å². The minimum absolute atomic E-state index is 0.118. The van der Waals surface area contributed by atoms with E-state index in [-0.39, 0.29) is 17.4 Å². The van der Waals surface area contributed by atoms with E-state index in [9.17, 15) is 4.79 Å². The van der Waals surface area contributed by atoms with Gasteiger partial charge in [-0.1, -0.05) is 44.2 Å². The van der Waals surface area contributed by atoms with Crippen molar-refractivity contribution in [2.75, 3.05) is 6.54 Å². The Labute approximate surface area is 129 Å². The topological polar surface area (TPSA) is 41.1 Å². The molecule has 1 unspecified atom stereocenters. The zero-order valence-corrected chi connectivity index (χ0v) is 14.1. The second-order valence-electron chi connectivity index (χ2n) is 6.78. The van der Waals surface area contributed by atoms with E-state index < -0.39 is 0 Å². The first kappa shape index (κ1) is 17.7. The highest BCUT2D eigenvalue weighted by molar-refractivity contribution is 5.76. The summed E-state index contributed by atoms with van der Waals surface area (Å²) in [5.74, 6) is 0.118.